The number of benzene rings is 2. The molecule has 30 heavy (non-hydrogen) atoms. The van der Waals surface area contributed by atoms with Gasteiger partial charge in [0.2, 0.25) is 0 Å². The van der Waals surface area contributed by atoms with Crippen molar-refractivity contribution in [2.24, 2.45) is 5.92 Å². The first-order valence-electron chi connectivity index (χ1n) is 11.0. The zero-order valence-corrected chi connectivity index (χ0v) is 17.5. The number of carbonyl (C=O) groups excluding carboxylic acids is 2. The van der Waals surface area contributed by atoms with Crippen LogP contribution in [-0.4, -0.2) is 36.6 Å². The number of nitrogens with zero attached hydrogens (tertiary/aromatic N) is 1. The maximum atomic E-state index is 13.2. The van der Waals surface area contributed by atoms with Gasteiger partial charge in [-0.3, -0.25) is 9.59 Å². The van der Waals surface area contributed by atoms with Crippen LogP contribution in [0.4, 0.5) is 0 Å². The van der Waals surface area contributed by atoms with Crippen molar-refractivity contribution in [3.63, 3.8) is 0 Å². The van der Waals surface area contributed by atoms with Gasteiger partial charge in [-0.15, -0.1) is 0 Å². The molecule has 2 aliphatic carbocycles. The fourth-order valence-corrected chi connectivity index (χ4v) is 5.17. The summed E-state index contributed by atoms with van der Waals surface area (Å²) < 4.78 is 0. The lowest BCUT2D eigenvalue weighted by molar-refractivity contribution is 0.103. The zero-order valence-electron chi connectivity index (χ0n) is 17.5. The molecule has 3 nitrogen and oxygen atoms in total. The molecule has 3 heteroatoms. The monoisotopic (exact) mass is 397 g/mol. The Bertz CT molecular complexity index is 1080. The second-order valence-electron chi connectivity index (χ2n) is 8.83. The van der Waals surface area contributed by atoms with Gasteiger partial charge in [0, 0.05) is 34.3 Å². The van der Waals surface area contributed by atoms with E-state index in [1.165, 1.54) is 12.8 Å². The zero-order chi connectivity index (χ0) is 20.7. The summed E-state index contributed by atoms with van der Waals surface area (Å²) in [4.78, 5) is 28.8. The largest absolute Gasteiger partial charge is 0.306 e. The minimum Gasteiger partial charge on any atom is -0.306 e. The lowest BCUT2D eigenvalue weighted by atomic mass is 9.90. The van der Waals surface area contributed by atoms with Gasteiger partial charge in [0.1, 0.15) is 0 Å². The number of Topliss-reactive ketones (excluding diaryl/α,β-unsaturated/α-hetero) is 2. The van der Waals surface area contributed by atoms with Gasteiger partial charge >= 0.3 is 0 Å². The molecule has 0 amide bonds. The highest BCUT2D eigenvalue weighted by molar-refractivity contribution is 6.31. The van der Waals surface area contributed by atoms with Crippen molar-refractivity contribution in [1.29, 1.82) is 0 Å². The van der Waals surface area contributed by atoms with Gasteiger partial charge in [-0.05, 0) is 62.9 Å². The maximum absolute atomic E-state index is 13.2. The highest BCUT2D eigenvalue weighted by Crippen LogP contribution is 2.43. The molecule has 1 saturated heterocycles. The van der Waals surface area contributed by atoms with Gasteiger partial charge in [-0.1, -0.05) is 54.6 Å². The van der Waals surface area contributed by atoms with Gasteiger partial charge in [0.05, 0.1) is 0 Å². The minimum absolute atomic E-state index is 0.0697. The van der Waals surface area contributed by atoms with Crippen LogP contribution in [0.5, 0.6) is 0 Å². The van der Waals surface area contributed by atoms with Crippen LogP contribution in [-0.2, 0) is 6.42 Å². The molecule has 0 radical (unpaired) electrons. The molecule has 1 heterocycles. The van der Waals surface area contributed by atoms with Crippen molar-refractivity contribution in [3.8, 4) is 0 Å². The lowest BCUT2D eigenvalue weighted by Gasteiger charge is -2.28. The van der Waals surface area contributed by atoms with Crippen LogP contribution >= 0.6 is 0 Å². The highest BCUT2D eigenvalue weighted by atomic mass is 16.1. The molecular formula is C27H27NO2. The molecule has 0 spiro atoms. The summed E-state index contributed by atoms with van der Waals surface area (Å²) >= 11 is 0. The molecule has 5 rings (SSSR count). The Morgan fingerprint density at radius 3 is 2.30 bits per heavy atom. The normalized spacial score (nSPS) is 23.3. The van der Waals surface area contributed by atoms with Crippen LogP contribution < -0.4 is 0 Å². The third-order valence-electron chi connectivity index (χ3n) is 6.92. The van der Waals surface area contributed by atoms with E-state index in [-0.39, 0.29) is 11.6 Å². The number of piperidine rings is 1. The van der Waals surface area contributed by atoms with E-state index >= 15 is 0 Å². The fourth-order valence-electron chi connectivity index (χ4n) is 5.17. The summed E-state index contributed by atoms with van der Waals surface area (Å²) in [6.45, 7) is 2.32. The van der Waals surface area contributed by atoms with E-state index in [0.29, 0.717) is 6.42 Å². The van der Waals surface area contributed by atoms with Gasteiger partial charge in [0.25, 0.3) is 0 Å². The number of rotatable bonds is 3. The van der Waals surface area contributed by atoms with Crippen LogP contribution in [0, 0.1) is 5.92 Å². The first-order valence-corrected chi connectivity index (χ1v) is 11.0. The molecule has 0 aromatic heterocycles. The van der Waals surface area contributed by atoms with Gasteiger partial charge in [-0.25, -0.2) is 0 Å². The van der Waals surface area contributed by atoms with E-state index in [0.717, 1.165) is 70.8 Å². The molecule has 1 fully saturated rings. The number of allylic oxidation sites excluding steroid dienone is 4. The summed E-state index contributed by atoms with van der Waals surface area (Å²) in [5, 5.41) is 0. The first kappa shape index (κ1) is 19.2. The summed E-state index contributed by atoms with van der Waals surface area (Å²) in [6, 6.07) is 15.6. The average molecular weight is 398 g/mol. The summed E-state index contributed by atoms with van der Waals surface area (Å²) in [6.07, 6.45) is 7.18. The average Bonchev–Trinajstić information content (AvgIpc) is 3.24. The van der Waals surface area contributed by atoms with Gasteiger partial charge < -0.3 is 4.90 Å². The Balaban J connectivity index is 1.49. The van der Waals surface area contributed by atoms with E-state index in [1.54, 1.807) is 0 Å². The van der Waals surface area contributed by atoms with E-state index in [1.807, 2.05) is 48.5 Å². The smallest absolute Gasteiger partial charge is 0.193 e. The number of fused-ring (bicyclic) bond motifs is 2. The van der Waals surface area contributed by atoms with Crippen LogP contribution in [0.2, 0.25) is 0 Å². The summed E-state index contributed by atoms with van der Waals surface area (Å²) in [7, 11) is 2.18. The Hall–Kier alpha value is -2.78. The third-order valence-corrected chi connectivity index (χ3v) is 6.92. The number of hydrogen-bond acceptors (Lipinski definition) is 3. The lowest BCUT2D eigenvalue weighted by Crippen LogP contribution is -2.30. The molecule has 2 aromatic carbocycles. The molecular weight excluding hydrogens is 370 g/mol. The molecule has 0 atom stereocenters. The fraction of sp³-hybridized carbons (Fsp3) is 0.333. The predicted molar refractivity (Wildman–Crippen MR) is 120 cm³/mol. The second-order valence-corrected chi connectivity index (χ2v) is 8.83. The Kier molecular flexibility index (Phi) is 5.00. The molecule has 152 valence electrons. The Labute approximate surface area is 178 Å². The van der Waals surface area contributed by atoms with Crippen LogP contribution in [0.25, 0.3) is 5.57 Å². The molecule has 0 saturated carbocycles. The van der Waals surface area contributed by atoms with Crippen molar-refractivity contribution < 1.29 is 9.59 Å². The van der Waals surface area contributed by atoms with E-state index in [4.69, 9.17) is 0 Å². The standard InChI is InChI=1S/C27H27NO2/c1-28-15-13-18(14-16-28)7-6-12-23-25(21-10-4-5-11-22(21)27(23)30)24-17-19-8-2-3-9-20(19)26(24)29/h2-5,8-12,18H,6-7,13-17H2,1H3/b23-12+,25-24-. The summed E-state index contributed by atoms with van der Waals surface area (Å²) in [5.41, 5.74) is 5.88. The van der Waals surface area contributed by atoms with Crippen molar-refractivity contribution in [2.45, 2.75) is 32.1 Å². The quantitative estimate of drug-likeness (QED) is 0.674. The molecule has 2 aromatic rings. The van der Waals surface area contributed by atoms with Crippen LogP contribution in [0.3, 0.4) is 0 Å². The molecule has 0 N–H and O–H groups in total. The third kappa shape index (κ3) is 3.27. The van der Waals surface area contributed by atoms with Gasteiger partial charge in [-0.2, -0.15) is 0 Å². The number of ketones is 2. The molecule has 0 bridgehead atoms. The predicted octanol–water partition coefficient (Wildman–Crippen LogP) is 5.12. The Morgan fingerprint density at radius 1 is 0.900 bits per heavy atom. The van der Waals surface area contributed by atoms with Gasteiger partial charge in [0.15, 0.2) is 11.6 Å². The van der Waals surface area contributed by atoms with Crippen molar-refractivity contribution in [2.75, 3.05) is 20.1 Å². The minimum atomic E-state index is 0.0697. The van der Waals surface area contributed by atoms with Crippen molar-refractivity contribution in [1.82, 2.24) is 4.90 Å². The SMILES string of the molecule is CN1CCC(CC/C=C2/C(=O)c3ccccc3/C2=C2\Cc3ccccc3C2=O)CC1. The summed E-state index contributed by atoms with van der Waals surface area (Å²) in [5.74, 6) is 0.872. The van der Waals surface area contributed by atoms with E-state index in [2.05, 4.69) is 18.0 Å². The number of hydrogen-bond donors (Lipinski definition) is 0. The number of carbonyl (C=O) groups is 2. The topological polar surface area (TPSA) is 37.4 Å². The Morgan fingerprint density at radius 2 is 1.57 bits per heavy atom. The van der Waals surface area contributed by atoms with Crippen molar-refractivity contribution >= 4 is 17.1 Å². The van der Waals surface area contributed by atoms with Crippen molar-refractivity contribution in [3.05, 3.63) is 88.0 Å². The second kappa shape index (κ2) is 7.81. The van der Waals surface area contributed by atoms with E-state index in [9.17, 15) is 9.59 Å². The molecule has 1 aliphatic heterocycles. The molecule has 3 aliphatic rings. The van der Waals surface area contributed by atoms with Crippen LogP contribution in [0.15, 0.2) is 65.8 Å². The van der Waals surface area contributed by atoms with E-state index < -0.39 is 0 Å². The number of likely N-dealkylation sites (tertiary alicyclic amines) is 1. The highest BCUT2D eigenvalue weighted by Gasteiger charge is 2.36. The maximum Gasteiger partial charge on any atom is 0.193 e. The van der Waals surface area contributed by atoms with Crippen LogP contribution in [0.1, 0.15) is 57.5 Å². The first-order chi connectivity index (χ1) is 14.6. The molecule has 0 unspecified atom stereocenters.